The summed E-state index contributed by atoms with van der Waals surface area (Å²) in [4.78, 5) is 30.1. The number of hydrogen-bond acceptors (Lipinski definition) is 5. The van der Waals surface area contributed by atoms with Gasteiger partial charge in [-0.05, 0) is 31.4 Å². The van der Waals surface area contributed by atoms with Gasteiger partial charge in [-0.2, -0.15) is 0 Å². The van der Waals surface area contributed by atoms with Crippen LogP contribution in [0.1, 0.15) is 31.3 Å². The third-order valence-corrected chi connectivity index (χ3v) is 5.60. The molecule has 0 saturated heterocycles. The van der Waals surface area contributed by atoms with Crippen molar-refractivity contribution in [2.45, 2.75) is 26.3 Å². The molecule has 23 heavy (non-hydrogen) atoms. The fourth-order valence-electron chi connectivity index (χ4n) is 2.44. The number of carbonyl (C=O) groups excluding carboxylic acids is 2. The van der Waals surface area contributed by atoms with Gasteiger partial charge in [0.15, 0.2) is 6.61 Å². The summed E-state index contributed by atoms with van der Waals surface area (Å²) < 4.78 is 6.22. The molecule has 0 spiro atoms. The molecule has 1 aliphatic carbocycles. The van der Waals surface area contributed by atoms with Crippen LogP contribution in [0.3, 0.4) is 0 Å². The number of benzene rings is 1. The smallest absolute Gasteiger partial charge is 0.309 e. The number of esters is 1. The molecule has 1 heterocycles. The summed E-state index contributed by atoms with van der Waals surface area (Å²) in [6.45, 7) is 3.74. The predicted molar refractivity (Wildman–Crippen MR) is 89.0 cm³/mol. The first-order valence-electron chi connectivity index (χ1n) is 7.75. The summed E-state index contributed by atoms with van der Waals surface area (Å²) in [5, 5.41) is 0.879. The second kappa shape index (κ2) is 6.28. The molecule has 1 aromatic heterocycles. The third-order valence-electron chi connectivity index (χ3n) is 4.39. The average Bonchev–Trinajstić information content (AvgIpc) is 3.12. The van der Waals surface area contributed by atoms with Gasteiger partial charge in [0.05, 0.1) is 22.2 Å². The van der Waals surface area contributed by atoms with E-state index in [1.165, 1.54) is 0 Å². The van der Waals surface area contributed by atoms with Crippen molar-refractivity contribution in [1.82, 2.24) is 9.88 Å². The minimum atomic E-state index is -0.258. The van der Waals surface area contributed by atoms with Gasteiger partial charge in [-0.1, -0.05) is 19.1 Å². The molecule has 5 nitrogen and oxygen atoms in total. The highest BCUT2D eigenvalue weighted by atomic mass is 32.1. The fourth-order valence-corrected chi connectivity index (χ4v) is 3.51. The Balaban J connectivity index is 1.60. The van der Waals surface area contributed by atoms with E-state index in [2.05, 4.69) is 4.98 Å². The molecule has 0 bridgehead atoms. The van der Waals surface area contributed by atoms with Gasteiger partial charge in [-0.25, -0.2) is 4.98 Å². The molecule has 0 radical (unpaired) electrons. The first-order chi connectivity index (χ1) is 11.0. The molecule has 0 unspecified atom stereocenters. The molecule has 3 atom stereocenters. The SMILES string of the molecule is C[C@H]1C[C@@H]1C(=O)OCC(=O)N(C)[C@@H](C)c1nc2ccccc2s1. The van der Waals surface area contributed by atoms with Gasteiger partial charge < -0.3 is 9.64 Å². The lowest BCUT2D eigenvalue weighted by Crippen LogP contribution is -2.33. The van der Waals surface area contributed by atoms with Crippen LogP contribution in [0.15, 0.2) is 24.3 Å². The zero-order valence-electron chi connectivity index (χ0n) is 13.5. The van der Waals surface area contributed by atoms with Crippen LogP contribution in [0.4, 0.5) is 0 Å². The Morgan fingerprint density at radius 3 is 2.78 bits per heavy atom. The van der Waals surface area contributed by atoms with Crippen molar-refractivity contribution < 1.29 is 14.3 Å². The molecule has 1 aliphatic rings. The Morgan fingerprint density at radius 1 is 1.43 bits per heavy atom. The van der Waals surface area contributed by atoms with Gasteiger partial charge in [-0.15, -0.1) is 11.3 Å². The minimum Gasteiger partial charge on any atom is -0.455 e. The van der Waals surface area contributed by atoms with Crippen LogP contribution < -0.4 is 0 Å². The number of carbonyl (C=O) groups is 2. The lowest BCUT2D eigenvalue weighted by molar-refractivity contribution is -0.153. The van der Waals surface area contributed by atoms with E-state index >= 15 is 0 Å². The maximum absolute atomic E-state index is 12.2. The second-order valence-corrected chi connectivity index (χ2v) is 7.19. The topological polar surface area (TPSA) is 59.5 Å². The maximum Gasteiger partial charge on any atom is 0.309 e. The normalized spacial score (nSPS) is 21.0. The number of likely N-dealkylation sites (N-methyl/N-ethyl adjacent to an activating group) is 1. The van der Waals surface area contributed by atoms with Crippen LogP contribution in [0.2, 0.25) is 0 Å². The molecular weight excluding hydrogens is 312 g/mol. The highest BCUT2D eigenvalue weighted by Crippen LogP contribution is 2.38. The number of hydrogen-bond donors (Lipinski definition) is 0. The Hall–Kier alpha value is -1.95. The standard InChI is InChI=1S/C17H20N2O3S/c1-10-8-12(10)17(21)22-9-15(20)19(3)11(2)16-18-13-6-4-5-7-14(13)23-16/h4-7,10-12H,8-9H2,1-3H3/t10-,11-,12-/m0/s1. The molecule has 1 saturated carbocycles. The number of amides is 1. The largest absolute Gasteiger partial charge is 0.455 e. The number of para-hydroxylation sites is 1. The van der Waals surface area contributed by atoms with Gasteiger partial charge in [-0.3, -0.25) is 9.59 Å². The molecule has 1 amide bonds. The van der Waals surface area contributed by atoms with Crippen molar-refractivity contribution in [2.24, 2.45) is 11.8 Å². The highest BCUT2D eigenvalue weighted by Gasteiger charge is 2.40. The van der Waals surface area contributed by atoms with Crippen molar-refractivity contribution >= 4 is 33.4 Å². The van der Waals surface area contributed by atoms with Crippen LogP contribution in [0, 0.1) is 11.8 Å². The zero-order chi connectivity index (χ0) is 16.6. The van der Waals surface area contributed by atoms with Crippen molar-refractivity contribution in [3.8, 4) is 0 Å². The van der Waals surface area contributed by atoms with Gasteiger partial charge in [0.25, 0.3) is 5.91 Å². The summed E-state index contributed by atoms with van der Waals surface area (Å²) in [6, 6.07) is 7.75. The average molecular weight is 332 g/mol. The highest BCUT2D eigenvalue weighted by molar-refractivity contribution is 7.18. The fraction of sp³-hybridized carbons (Fsp3) is 0.471. The Bertz CT molecular complexity index is 709. The number of ether oxygens (including phenoxy) is 1. The number of thiazole rings is 1. The molecule has 3 rings (SSSR count). The van der Waals surface area contributed by atoms with Gasteiger partial charge in [0.1, 0.15) is 5.01 Å². The molecule has 1 fully saturated rings. The maximum atomic E-state index is 12.2. The predicted octanol–water partition coefficient (Wildman–Crippen LogP) is 3.01. The van der Waals surface area contributed by atoms with E-state index in [1.807, 2.05) is 38.1 Å². The summed E-state index contributed by atoms with van der Waals surface area (Å²) >= 11 is 1.58. The minimum absolute atomic E-state index is 0.0187. The van der Waals surface area contributed by atoms with Gasteiger partial charge >= 0.3 is 5.97 Å². The molecule has 2 aromatic rings. The van der Waals surface area contributed by atoms with Gasteiger partial charge in [0, 0.05) is 7.05 Å². The molecule has 0 N–H and O–H groups in total. The van der Waals surface area contributed by atoms with Crippen molar-refractivity contribution in [3.63, 3.8) is 0 Å². The number of rotatable bonds is 5. The summed E-state index contributed by atoms with van der Waals surface area (Å²) in [7, 11) is 1.71. The van der Waals surface area contributed by atoms with E-state index in [0.29, 0.717) is 5.92 Å². The first-order valence-corrected chi connectivity index (χ1v) is 8.56. The Morgan fingerprint density at radius 2 is 2.13 bits per heavy atom. The van der Waals surface area contributed by atoms with Crippen LogP contribution in [-0.4, -0.2) is 35.4 Å². The second-order valence-electron chi connectivity index (χ2n) is 6.13. The molecule has 0 aliphatic heterocycles. The molecule has 122 valence electrons. The Kier molecular flexibility index (Phi) is 4.35. The molecular formula is C17H20N2O3S. The van der Waals surface area contributed by atoms with E-state index in [1.54, 1.807) is 23.3 Å². The lowest BCUT2D eigenvalue weighted by Gasteiger charge is -2.23. The van der Waals surface area contributed by atoms with Crippen molar-refractivity contribution in [2.75, 3.05) is 13.7 Å². The van der Waals surface area contributed by atoms with Crippen LogP contribution in [0.5, 0.6) is 0 Å². The zero-order valence-corrected chi connectivity index (χ0v) is 14.3. The molecule has 6 heteroatoms. The van der Waals surface area contributed by atoms with E-state index in [4.69, 9.17) is 4.74 Å². The van der Waals surface area contributed by atoms with E-state index in [-0.39, 0.29) is 30.4 Å². The summed E-state index contributed by atoms with van der Waals surface area (Å²) in [5.74, 6) is -0.0999. The quantitative estimate of drug-likeness (QED) is 0.790. The number of aromatic nitrogens is 1. The van der Waals surface area contributed by atoms with Gasteiger partial charge in [0.2, 0.25) is 0 Å². The number of nitrogens with zero attached hydrogens (tertiary/aromatic N) is 2. The van der Waals surface area contributed by atoms with Crippen LogP contribution in [-0.2, 0) is 14.3 Å². The van der Waals surface area contributed by atoms with E-state index < -0.39 is 0 Å². The van der Waals surface area contributed by atoms with Crippen LogP contribution >= 0.6 is 11.3 Å². The Labute approximate surface area is 139 Å². The van der Waals surface area contributed by atoms with E-state index in [9.17, 15) is 9.59 Å². The lowest BCUT2D eigenvalue weighted by atomic mass is 10.3. The van der Waals surface area contributed by atoms with Crippen molar-refractivity contribution in [3.05, 3.63) is 29.3 Å². The first kappa shape index (κ1) is 15.9. The summed E-state index contributed by atoms with van der Waals surface area (Å²) in [6.07, 6.45) is 0.866. The monoisotopic (exact) mass is 332 g/mol. The number of fused-ring (bicyclic) bond motifs is 1. The van der Waals surface area contributed by atoms with Crippen molar-refractivity contribution in [1.29, 1.82) is 0 Å². The molecule has 1 aromatic carbocycles. The van der Waals surface area contributed by atoms with Crippen LogP contribution in [0.25, 0.3) is 10.2 Å². The third kappa shape index (κ3) is 3.37. The van der Waals surface area contributed by atoms with E-state index in [0.717, 1.165) is 21.6 Å². The summed E-state index contributed by atoms with van der Waals surface area (Å²) in [5.41, 5.74) is 0.939.